The third-order valence-electron chi connectivity index (χ3n) is 2.38. The number of nitrogens with one attached hydrogen (secondary N) is 1. The molecular formula is C14H12F2N2S. The van der Waals surface area contributed by atoms with Crippen LogP contribution in [0.4, 0.5) is 20.2 Å². The molecule has 0 unspecified atom stereocenters. The Hall–Kier alpha value is -1.88. The van der Waals surface area contributed by atoms with Gasteiger partial charge in [-0.1, -0.05) is 36.0 Å². The molecule has 98 valence electrons. The zero-order valence-corrected chi connectivity index (χ0v) is 11.0. The average molecular weight is 278 g/mol. The molecule has 0 spiro atoms. The number of benzene rings is 2. The van der Waals surface area contributed by atoms with Crippen LogP contribution in [0.1, 0.15) is 0 Å². The summed E-state index contributed by atoms with van der Waals surface area (Å²) in [5, 5.41) is 3.27. The van der Waals surface area contributed by atoms with Crippen LogP contribution in [0.2, 0.25) is 0 Å². The van der Waals surface area contributed by atoms with Crippen LogP contribution in [0.3, 0.4) is 0 Å². The van der Waals surface area contributed by atoms with Crippen molar-refractivity contribution in [1.29, 1.82) is 0 Å². The maximum atomic E-state index is 13.5. The molecule has 2 rings (SSSR count). The molecule has 0 saturated heterocycles. The molecule has 2 aromatic rings. The molecule has 19 heavy (non-hydrogen) atoms. The van der Waals surface area contributed by atoms with Crippen molar-refractivity contribution < 1.29 is 8.78 Å². The van der Waals surface area contributed by atoms with Gasteiger partial charge < -0.3 is 5.32 Å². The number of hydrogen-bond acceptors (Lipinski definition) is 2. The van der Waals surface area contributed by atoms with E-state index in [1.807, 2.05) is 0 Å². The van der Waals surface area contributed by atoms with Crippen molar-refractivity contribution in [3.63, 3.8) is 0 Å². The summed E-state index contributed by atoms with van der Waals surface area (Å²) in [6.07, 6.45) is 1.79. The van der Waals surface area contributed by atoms with Crippen molar-refractivity contribution in [2.75, 3.05) is 11.6 Å². The zero-order valence-electron chi connectivity index (χ0n) is 10.2. The van der Waals surface area contributed by atoms with Gasteiger partial charge in [-0.15, -0.1) is 0 Å². The number of amidine groups is 1. The standard InChI is InChI=1S/C14H12F2N2S/c1-19-14(17-12-8-4-2-6-10(12)15)18-13-9-5-3-7-11(13)16/h2-9H,1H3,(H,17,18). The summed E-state index contributed by atoms with van der Waals surface area (Å²) < 4.78 is 27.0. The highest BCUT2D eigenvalue weighted by molar-refractivity contribution is 8.13. The maximum absolute atomic E-state index is 13.5. The van der Waals surface area contributed by atoms with Gasteiger partial charge in [0.15, 0.2) is 5.17 Å². The van der Waals surface area contributed by atoms with Crippen LogP contribution in [0, 0.1) is 11.6 Å². The van der Waals surface area contributed by atoms with E-state index in [2.05, 4.69) is 10.3 Å². The van der Waals surface area contributed by atoms with Gasteiger partial charge in [0.25, 0.3) is 0 Å². The Balaban J connectivity index is 2.26. The molecule has 0 aliphatic carbocycles. The Morgan fingerprint density at radius 1 is 1.00 bits per heavy atom. The number of nitrogens with zero attached hydrogens (tertiary/aromatic N) is 1. The van der Waals surface area contributed by atoms with Crippen LogP contribution in [0.15, 0.2) is 53.5 Å². The fraction of sp³-hybridized carbons (Fsp3) is 0.0714. The monoisotopic (exact) mass is 278 g/mol. The molecule has 0 radical (unpaired) electrons. The molecule has 0 fully saturated rings. The molecule has 0 heterocycles. The van der Waals surface area contributed by atoms with Crippen LogP contribution in [0.25, 0.3) is 0 Å². The Labute approximate surface area is 114 Å². The van der Waals surface area contributed by atoms with E-state index in [4.69, 9.17) is 0 Å². The quantitative estimate of drug-likeness (QED) is 0.649. The third-order valence-corrected chi connectivity index (χ3v) is 2.96. The number of aliphatic imine (C=N–C) groups is 1. The molecule has 0 aliphatic rings. The summed E-state index contributed by atoms with van der Waals surface area (Å²) in [6.45, 7) is 0. The van der Waals surface area contributed by atoms with Gasteiger partial charge in [-0.2, -0.15) is 0 Å². The largest absolute Gasteiger partial charge is 0.332 e. The topological polar surface area (TPSA) is 24.4 Å². The lowest BCUT2D eigenvalue weighted by molar-refractivity contribution is 0.630. The van der Waals surface area contributed by atoms with Crippen molar-refractivity contribution in [2.45, 2.75) is 0 Å². The highest BCUT2D eigenvalue weighted by Crippen LogP contribution is 2.20. The van der Waals surface area contributed by atoms with Crippen LogP contribution in [0.5, 0.6) is 0 Å². The summed E-state index contributed by atoms with van der Waals surface area (Å²) in [4.78, 5) is 4.14. The molecule has 0 amide bonds. The summed E-state index contributed by atoms with van der Waals surface area (Å²) in [5.74, 6) is -0.790. The highest BCUT2D eigenvalue weighted by Gasteiger charge is 2.05. The van der Waals surface area contributed by atoms with Crippen LogP contribution >= 0.6 is 11.8 Å². The number of para-hydroxylation sites is 2. The summed E-state index contributed by atoms with van der Waals surface area (Å²) >= 11 is 1.28. The number of rotatable bonds is 2. The Morgan fingerprint density at radius 3 is 2.26 bits per heavy atom. The Morgan fingerprint density at radius 2 is 1.63 bits per heavy atom. The molecule has 2 nitrogen and oxygen atoms in total. The van der Waals surface area contributed by atoms with E-state index in [9.17, 15) is 8.78 Å². The van der Waals surface area contributed by atoms with Gasteiger partial charge in [0.1, 0.15) is 17.3 Å². The highest BCUT2D eigenvalue weighted by atomic mass is 32.2. The molecule has 5 heteroatoms. The van der Waals surface area contributed by atoms with Gasteiger partial charge in [-0.25, -0.2) is 13.8 Å². The van der Waals surface area contributed by atoms with Gasteiger partial charge in [0.05, 0.1) is 5.69 Å². The molecule has 0 aliphatic heterocycles. The Kier molecular flexibility index (Phi) is 4.52. The second kappa shape index (κ2) is 6.33. The number of halogens is 2. The molecule has 0 bridgehead atoms. The number of hydrogen-bond donors (Lipinski definition) is 1. The van der Waals surface area contributed by atoms with Gasteiger partial charge in [-0.05, 0) is 30.5 Å². The Bertz CT molecular complexity index is 600. The maximum Gasteiger partial charge on any atom is 0.166 e. The van der Waals surface area contributed by atoms with E-state index in [0.717, 1.165) is 0 Å². The fourth-order valence-corrected chi connectivity index (χ4v) is 1.86. The van der Waals surface area contributed by atoms with Gasteiger partial charge in [0.2, 0.25) is 0 Å². The van der Waals surface area contributed by atoms with Crippen molar-refractivity contribution >= 4 is 28.3 Å². The molecule has 1 N–H and O–H groups in total. The molecule has 0 aromatic heterocycles. The number of thioether (sulfide) groups is 1. The van der Waals surface area contributed by atoms with E-state index in [1.165, 1.54) is 23.9 Å². The van der Waals surface area contributed by atoms with E-state index in [1.54, 1.807) is 42.7 Å². The first-order valence-corrected chi connectivity index (χ1v) is 6.82. The van der Waals surface area contributed by atoms with Crippen molar-refractivity contribution in [3.05, 3.63) is 60.2 Å². The second-order valence-electron chi connectivity index (χ2n) is 3.68. The summed E-state index contributed by atoms with van der Waals surface area (Å²) in [6, 6.07) is 12.5. The first-order valence-electron chi connectivity index (χ1n) is 5.59. The third kappa shape index (κ3) is 3.54. The first kappa shape index (κ1) is 13.5. The molecule has 0 saturated carbocycles. The minimum absolute atomic E-state index is 0.218. The van der Waals surface area contributed by atoms with E-state index in [-0.39, 0.29) is 11.5 Å². The minimum atomic E-state index is -0.413. The van der Waals surface area contributed by atoms with Gasteiger partial charge in [0, 0.05) is 0 Å². The average Bonchev–Trinajstić information content (AvgIpc) is 2.42. The van der Waals surface area contributed by atoms with Crippen molar-refractivity contribution in [2.24, 2.45) is 4.99 Å². The normalized spacial score (nSPS) is 11.4. The summed E-state index contributed by atoms with van der Waals surface area (Å²) in [7, 11) is 0. The minimum Gasteiger partial charge on any atom is -0.332 e. The summed E-state index contributed by atoms with van der Waals surface area (Å²) in [5.41, 5.74) is 0.530. The van der Waals surface area contributed by atoms with E-state index in [0.29, 0.717) is 10.9 Å². The lowest BCUT2D eigenvalue weighted by Gasteiger charge is -2.08. The molecular weight excluding hydrogens is 266 g/mol. The predicted octanol–water partition coefficient (Wildman–Crippen LogP) is 4.43. The van der Waals surface area contributed by atoms with Gasteiger partial charge in [-0.3, -0.25) is 0 Å². The van der Waals surface area contributed by atoms with Crippen LogP contribution < -0.4 is 5.32 Å². The van der Waals surface area contributed by atoms with Crippen LogP contribution in [-0.4, -0.2) is 11.4 Å². The van der Waals surface area contributed by atoms with Crippen molar-refractivity contribution in [1.82, 2.24) is 0 Å². The smallest absolute Gasteiger partial charge is 0.166 e. The molecule has 0 atom stereocenters. The molecule has 2 aromatic carbocycles. The predicted molar refractivity (Wildman–Crippen MR) is 77.0 cm³/mol. The fourth-order valence-electron chi connectivity index (χ4n) is 1.45. The number of anilines is 1. The van der Waals surface area contributed by atoms with Crippen molar-refractivity contribution in [3.8, 4) is 0 Å². The zero-order chi connectivity index (χ0) is 13.7. The lowest BCUT2D eigenvalue weighted by atomic mass is 10.3. The SMILES string of the molecule is CSC(=Nc1ccccc1F)Nc1ccccc1F. The van der Waals surface area contributed by atoms with Gasteiger partial charge >= 0.3 is 0 Å². The van der Waals surface area contributed by atoms with E-state index < -0.39 is 5.82 Å². The lowest BCUT2D eigenvalue weighted by Crippen LogP contribution is -2.08. The first-order chi connectivity index (χ1) is 9.20. The van der Waals surface area contributed by atoms with E-state index >= 15 is 0 Å². The van der Waals surface area contributed by atoms with Crippen LogP contribution in [-0.2, 0) is 0 Å². The second-order valence-corrected chi connectivity index (χ2v) is 4.47.